The maximum Gasteiger partial charge on any atom is 0.163 e. The van der Waals surface area contributed by atoms with E-state index in [4.69, 9.17) is 9.47 Å². The maximum atomic E-state index is 6.08. The van der Waals surface area contributed by atoms with Crippen LogP contribution in [0.1, 0.15) is 31.1 Å². The monoisotopic (exact) mass is 301 g/mol. The summed E-state index contributed by atoms with van der Waals surface area (Å²) in [5.41, 5.74) is 2.32. The van der Waals surface area contributed by atoms with Crippen molar-refractivity contribution in [2.24, 2.45) is 0 Å². The van der Waals surface area contributed by atoms with E-state index in [1.54, 1.807) is 6.20 Å². The van der Waals surface area contributed by atoms with Gasteiger partial charge in [0.15, 0.2) is 5.79 Å². The normalized spacial score (nSPS) is 22.1. The van der Waals surface area contributed by atoms with E-state index in [1.165, 1.54) is 5.56 Å². The summed E-state index contributed by atoms with van der Waals surface area (Å²) >= 11 is 0. The minimum Gasteiger partial charge on any atom is -0.348 e. The molecule has 0 bridgehead atoms. The van der Waals surface area contributed by atoms with E-state index in [-0.39, 0.29) is 12.1 Å². The number of H-pyrrole nitrogens is 1. The summed E-state index contributed by atoms with van der Waals surface area (Å²) in [5, 5.41) is 7.17. The number of nitrogens with one attached hydrogen (secondary N) is 1. The average Bonchev–Trinajstić information content (AvgIpc) is 3.11. The van der Waals surface area contributed by atoms with E-state index in [2.05, 4.69) is 46.4 Å². The number of aromatic amines is 1. The lowest BCUT2D eigenvalue weighted by Crippen LogP contribution is -2.36. The molecule has 0 amide bonds. The summed E-state index contributed by atoms with van der Waals surface area (Å²) in [6, 6.07) is 12.5. The molecular formula is C17H23N3O2. The first-order valence-corrected chi connectivity index (χ1v) is 7.60. The first kappa shape index (κ1) is 15.2. The number of hydrogen-bond donors (Lipinski definition) is 1. The van der Waals surface area contributed by atoms with Crippen LogP contribution < -0.4 is 0 Å². The minimum atomic E-state index is -0.531. The van der Waals surface area contributed by atoms with E-state index in [1.807, 2.05) is 26.0 Å². The highest BCUT2D eigenvalue weighted by atomic mass is 16.7. The number of rotatable bonds is 5. The number of likely N-dealkylation sites (N-methyl/N-ethyl adjacent to an activating group) is 1. The molecular weight excluding hydrogens is 278 g/mol. The average molecular weight is 301 g/mol. The number of benzene rings is 1. The van der Waals surface area contributed by atoms with Crippen molar-refractivity contribution in [2.75, 3.05) is 13.7 Å². The lowest BCUT2D eigenvalue weighted by molar-refractivity contribution is -0.146. The number of hydrogen-bond acceptors (Lipinski definition) is 4. The molecule has 1 fully saturated rings. The zero-order valence-corrected chi connectivity index (χ0v) is 13.3. The minimum absolute atomic E-state index is 0.0239. The summed E-state index contributed by atoms with van der Waals surface area (Å²) < 4.78 is 11.8. The smallest absolute Gasteiger partial charge is 0.163 e. The van der Waals surface area contributed by atoms with Gasteiger partial charge in [-0.1, -0.05) is 30.3 Å². The Kier molecular flexibility index (Phi) is 4.29. The Balaban J connectivity index is 1.80. The van der Waals surface area contributed by atoms with Crippen LogP contribution in [0.5, 0.6) is 0 Å². The van der Waals surface area contributed by atoms with Crippen molar-refractivity contribution in [3.8, 4) is 0 Å². The van der Waals surface area contributed by atoms with Gasteiger partial charge in [0.1, 0.15) is 6.10 Å². The van der Waals surface area contributed by atoms with Crippen molar-refractivity contribution in [1.29, 1.82) is 0 Å². The van der Waals surface area contributed by atoms with E-state index in [0.29, 0.717) is 6.61 Å². The van der Waals surface area contributed by atoms with E-state index in [9.17, 15) is 0 Å². The molecule has 1 N–H and O–H groups in total. The second kappa shape index (κ2) is 6.20. The van der Waals surface area contributed by atoms with Gasteiger partial charge >= 0.3 is 0 Å². The zero-order valence-electron chi connectivity index (χ0n) is 13.3. The van der Waals surface area contributed by atoms with Gasteiger partial charge in [-0.15, -0.1) is 0 Å². The molecule has 2 atom stereocenters. The predicted molar refractivity (Wildman–Crippen MR) is 84.1 cm³/mol. The van der Waals surface area contributed by atoms with Gasteiger partial charge < -0.3 is 9.47 Å². The van der Waals surface area contributed by atoms with Gasteiger partial charge in [0.25, 0.3) is 0 Å². The quantitative estimate of drug-likeness (QED) is 0.922. The molecule has 1 aromatic heterocycles. The summed E-state index contributed by atoms with van der Waals surface area (Å²) in [7, 11) is 2.10. The molecule has 1 aliphatic heterocycles. The van der Waals surface area contributed by atoms with Crippen LogP contribution in [0.3, 0.4) is 0 Å². The molecule has 3 rings (SSSR count). The molecule has 118 valence electrons. The fourth-order valence-corrected chi connectivity index (χ4v) is 2.99. The van der Waals surface area contributed by atoms with Gasteiger partial charge in [0.05, 0.1) is 18.3 Å². The third kappa shape index (κ3) is 3.38. The Bertz CT molecular complexity index is 583. The zero-order chi connectivity index (χ0) is 15.6. The highest BCUT2D eigenvalue weighted by Gasteiger charge is 2.40. The third-order valence-corrected chi connectivity index (χ3v) is 3.97. The molecule has 0 radical (unpaired) electrons. The predicted octanol–water partition coefficient (Wildman–Crippen LogP) is 2.73. The lowest BCUT2D eigenvalue weighted by atomic mass is 10.1. The second-order valence-corrected chi connectivity index (χ2v) is 6.22. The Labute approximate surface area is 131 Å². The first-order valence-electron chi connectivity index (χ1n) is 7.60. The molecule has 0 saturated carbocycles. The van der Waals surface area contributed by atoms with Crippen molar-refractivity contribution in [1.82, 2.24) is 15.1 Å². The Hall–Kier alpha value is -1.69. The fraction of sp³-hybridized carbons (Fsp3) is 0.471. The van der Waals surface area contributed by atoms with Crippen molar-refractivity contribution in [3.05, 3.63) is 53.9 Å². The molecule has 1 aliphatic rings. The SMILES string of the molecule is CN(Cc1ccccc1)[C@H](c1ccn[nH]1)[C@H]1COC(C)(C)O1. The van der Waals surface area contributed by atoms with Crippen LogP contribution in [-0.4, -0.2) is 40.6 Å². The van der Waals surface area contributed by atoms with Gasteiger partial charge in [-0.2, -0.15) is 5.10 Å². The van der Waals surface area contributed by atoms with Crippen LogP contribution in [0.2, 0.25) is 0 Å². The Morgan fingerprint density at radius 2 is 2.09 bits per heavy atom. The molecule has 2 heterocycles. The standard InChI is InChI=1S/C17H23N3O2/c1-17(2)21-12-15(22-17)16(14-9-10-18-19-14)20(3)11-13-7-5-4-6-8-13/h4-10,15-16H,11-12H2,1-3H3,(H,18,19)/t15-,16-/m1/s1. The van der Waals surface area contributed by atoms with E-state index >= 15 is 0 Å². The van der Waals surface area contributed by atoms with Crippen molar-refractivity contribution >= 4 is 0 Å². The Morgan fingerprint density at radius 1 is 1.32 bits per heavy atom. The number of nitrogens with zero attached hydrogens (tertiary/aromatic N) is 2. The van der Waals surface area contributed by atoms with Crippen LogP contribution in [0.15, 0.2) is 42.6 Å². The lowest BCUT2D eigenvalue weighted by Gasteiger charge is -2.31. The summed E-state index contributed by atoms with van der Waals surface area (Å²) in [6.45, 7) is 5.32. The summed E-state index contributed by atoms with van der Waals surface area (Å²) in [4.78, 5) is 2.28. The molecule has 0 aliphatic carbocycles. The molecule has 5 nitrogen and oxygen atoms in total. The van der Waals surface area contributed by atoms with Gasteiger partial charge in [0, 0.05) is 12.7 Å². The van der Waals surface area contributed by atoms with Gasteiger partial charge in [-0.3, -0.25) is 10.00 Å². The van der Waals surface area contributed by atoms with Crippen molar-refractivity contribution in [2.45, 2.75) is 38.3 Å². The third-order valence-electron chi connectivity index (χ3n) is 3.97. The largest absolute Gasteiger partial charge is 0.348 e. The Morgan fingerprint density at radius 3 is 2.68 bits per heavy atom. The van der Waals surface area contributed by atoms with Crippen LogP contribution in [0, 0.1) is 0 Å². The van der Waals surface area contributed by atoms with E-state index < -0.39 is 5.79 Å². The molecule has 22 heavy (non-hydrogen) atoms. The topological polar surface area (TPSA) is 50.4 Å². The molecule has 2 aromatic rings. The summed E-state index contributed by atoms with van der Waals surface area (Å²) in [6.07, 6.45) is 1.75. The molecule has 0 spiro atoms. The van der Waals surface area contributed by atoms with Crippen molar-refractivity contribution < 1.29 is 9.47 Å². The molecule has 1 saturated heterocycles. The van der Waals surface area contributed by atoms with Crippen molar-refractivity contribution in [3.63, 3.8) is 0 Å². The van der Waals surface area contributed by atoms with Gasteiger partial charge in [0.2, 0.25) is 0 Å². The van der Waals surface area contributed by atoms with Crippen LogP contribution in [0.25, 0.3) is 0 Å². The van der Waals surface area contributed by atoms with Gasteiger partial charge in [-0.05, 0) is 32.5 Å². The van der Waals surface area contributed by atoms with Crippen LogP contribution >= 0.6 is 0 Å². The van der Waals surface area contributed by atoms with E-state index in [0.717, 1.165) is 12.2 Å². The van der Waals surface area contributed by atoms with Gasteiger partial charge in [-0.25, -0.2) is 0 Å². The molecule has 5 heteroatoms. The highest BCUT2D eigenvalue weighted by Crippen LogP contribution is 2.33. The van der Waals surface area contributed by atoms with Crippen LogP contribution in [0.4, 0.5) is 0 Å². The molecule has 0 unspecified atom stereocenters. The number of ether oxygens (including phenoxy) is 2. The molecule has 1 aromatic carbocycles. The first-order chi connectivity index (χ1) is 10.6. The maximum absolute atomic E-state index is 6.08. The fourth-order valence-electron chi connectivity index (χ4n) is 2.99. The summed E-state index contributed by atoms with van der Waals surface area (Å²) in [5.74, 6) is -0.531. The number of aromatic nitrogens is 2. The second-order valence-electron chi connectivity index (χ2n) is 6.22. The highest BCUT2D eigenvalue weighted by molar-refractivity contribution is 5.16. The van der Waals surface area contributed by atoms with Crippen LogP contribution in [-0.2, 0) is 16.0 Å².